The molecule has 11 heteroatoms. The molecular formula is C18H25F4IN4O2. The van der Waals surface area contributed by atoms with Crippen LogP contribution in [-0.4, -0.2) is 49.7 Å². The molecule has 2 rings (SSSR count). The first-order chi connectivity index (χ1) is 13.2. The van der Waals surface area contributed by atoms with Crippen LogP contribution in [0.1, 0.15) is 30.9 Å². The van der Waals surface area contributed by atoms with Gasteiger partial charge in [0.25, 0.3) is 0 Å². The van der Waals surface area contributed by atoms with E-state index in [0.29, 0.717) is 44.6 Å². The molecule has 1 aliphatic rings. The molecule has 1 heterocycles. The molecule has 1 fully saturated rings. The number of nitrogens with zero attached hydrogens (tertiary/aromatic N) is 2. The molecule has 29 heavy (non-hydrogen) atoms. The fraction of sp³-hybridized carbons (Fsp3) is 0.556. The third kappa shape index (κ3) is 7.52. The Labute approximate surface area is 184 Å². The number of piperidine rings is 1. The lowest BCUT2D eigenvalue weighted by Crippen LogP contribution is -2.49. The number of ether oxygens (including phenoxy) is 1. The lowest BCUT2D eigenvalue weighted by molar-refractivity contribution is -0.138. The molecule has 164 valence electrons. The fourth-order valence-corrected chi connectivity index (χ4v) is 2.95. The molecule has 1 aromatic rings. The Morgan fingerprint density at radius 2 is 1.97 bits per heavy atom. The lowest BCUT2D eigenvalue weighted by Gasteiger charge is -2.32. The number of guanidine groups is 1. The van der Waals surface area contributed by atoms with Crippen molar-refractivity contribution in [2.45, 2.75) is 38.5 Å². The molecule has 0 bridgehead atoms. The van der Waals surface area contributed by atoms with Crippen LogP contribution in [0.5, 0.6) is 0 Å². The van der Waals surface area contributed by atoms with Gasteiger partial charge in [-0.3, -0.25) is 4.99 Å². The van der Waals surface area contributed by atoms with Crippen LogP contribution in [0, 0.1) is 5.82 Å². The largest absolute Gasteiger partial charge is 0.450 e. The highest BCUT2D eigenvalue weighted by molar-refractivity contribution is 14.0. The van der Waals surface area contributed by atoms with Crippen molar-refractivity contribution >= 4 is 36.0 Å². The number of benzene rings is 1. The zero-order valence-corrected chi connectivity index (χ0v) is 18.5. The Bertz CT molecular complexity index is 708. The van der Waals surface area contributed by atoms with Crippen LogP contribution in [-0.2, 0) is 17.5 Å². The predicted molar refractivity (Wildman–Crippen MR) is 112 cm³/mol. The van der Waals surface area contributed by atoms with Gasteiger partial charge >= 0.3 is 12.3 Å². The average molecular weight is 532 g/mol. The van der Waals surface area contributed by atoms with Crippen molar-refractivity contribution in [1.29, 1.82) is 0 Å². The van der Waals surface area contributed by atoms with Gasteiger partial charge in [0.2, 0.25) is 0 Å². The van der Waals surface area contributed by atoms with Crippen LogP contribution in [0.3, 0.4) is 0 Å². The zero-order valence-electron chi connectivity index (χ0n) is 16.2. The molecule has 0 atom stereocenters. The van der Waals surface area contributed by atoms with Crippen LogP contribution in [0.15, 0.2) is 23.2 Å². The first-order valence-corrected chi connectivity index (χ1v) is 8.99. The van der Waals surface area contributed by atoms with Crippen molar-refractivity contribution in [1.82, 2.24) is 15.5 Å². The van der Waals surface area contributed by atoms with Crippen LogP contribution in [0.2, 0.25) is 0 Å². The quantitative estimate of drug-likeness (QED) is 0.269. The van der Waals surface area contributed by atoms with E-state index in [0.717, 1.165) is 12.1 Å². The van der Waals surface area contributed by atoms with Crippen LogP contribution in [0.25, 0.3) is 0 Å². The summed E-state index contributed by atoms with van der Waals surface area (Å²) in [4.78, 5) is 17.3. The van der Waals surface area contributed by atoms with Crippen molar-refractivity contribution < 1.29 is 27.1 Å². The van der Waals surface area contributed by atoms with E-state index in [-0.39, 0.29) is 48.2 Å². The minimum absolute atomic E-state index is 0. The summed E-state index contributed by atoms with van der Waals surface area (Å²) in [5.41, 5.74) is -1.09. The molecule has 1 aromatic carbocycles. The number of hydrogen-bond acceptors (Lipinski definition) is 3. The van der Waals surface area contributed by atoms with E-state index in [1.807, 2.05) is 0 Å². The summed E-state index contributed by atoms with van der Waals surface area (Å²) < 4.78 is 57.4. The van der Waals surface area contributed by atoms with E-state index in [1.165, 1.54) is 7.05 Å². The van der Waals surface area contributed by atoms with E-state index in [1.54, 1.807) is 11.8 Å². The van der Waals surface area contributed by atoms with Gasteiger partial charge in [-0.2, -0.15) is 13.2 Å². The minimum Gasteiger partial charge on any atom is -0.450 e. The van der Waals surface area contributed by atoms with Gasteiger partial charge in [0, 0.05) is 32.7 Å². The van der Waals surface area contributed by atoms with E-state index >= 15 is 0 Å². The molecule has 0 aromatic heterocycles. The van der Waals surface area contributed by atoms with E-state index < -0.39 is 17.6 Å². The average Bonchev–Trinajstić information content (AvgIpc) is 2.65. The van der Waals surface area contributed by atoms with Crippen molar-refractivity contribution in [3.8, 4) is 0 Å². The summed E-state index contributed by atoms with van der Waals surface area (Å²) in [6, 6.07) is 2.61. The highest BCUT2D eigenvalue weighted by atomic mass is 127. The molecule has 0 unspecified atom stereocenters. The maximum Gasteiger partial charge on any atom is 0.416 e. The second-order valence-corrected chi connectivity index (χ2v) is 6.33. The Kier molecular flexibility index (Phi) is 9.93. The number of likely N-dealkylation sites (tertiary alicyclic amines) is 1. The number of hydrogen-bond donors (Lipinski definition) is 2. The van der Waals surface area contributed by atoms with Gasteiger partial charge in [0.05, 0.1) is 12.2 Å². The van der Waals surface area contributed by atoms with Gasteiger partial charge in [-0.25, -0.2) is 9.18 Å². The molecular weight excluding hydrogens is 507 g/mol. The highest BCUT2D eigenvalue weighted by Crippen LogP contribution is 2.32. The maximum absolute atomic E-state index is 13.2. The van der Waals surface area contributed by atoms with E-state index in [2.05, 4.69) is 15.6 Å². The van der Waals surface area contributed by atoms with Crippen LogP contribution in [0.4, 0.5) is 22.4 Å². The number of nitrogens with one attached hydrogen (secondary N) is 2. The van der Waals surface area contributed by atoms with Gasteiger partial charge in [-0.15, -0.1) is 24.0 Å². The molecule has 0 aliphatic carbocycles. The maximum atomic E-state index is 13.2. The normalized spacial score (nSPS) is 15.5. The van der Waals surface area contributed by atoms with Crippen molar-refractivity contribution in [2.75, 3.05) is 26.7 Å². The molecule has 1 amide bonds. The molecule has 1 saturated heterocycles. The Balaban J connectivity index is 0.00000420. The first kappa shape index (κ1) is 25.2. The van der Waals surface area contributed by atoms with Crippen molar-refractivity contribution in [2.24, 2.45) is 4.99 Å². The summed E-state index contributed by atoms with van der Waals surface area (Å²) in [5, 5.41) is 5.97. The Hall–Kier alpha value is -1.79. The fourth-order valence-electron chi connectivity index (χ4n) is 2.95. The molecule has 2 N–H and O–H groups in total. The first-order valence-electron chi connectivity index (χ1n) is 8.99. The number of rotatable bonds is 4. The predicted octanol–water partition coefficient (Wildman–Crippen LogP) is 3.75. The third-order valence-electron chi connectivity index (χ3n) is 4.41. The minimum atomic E-state index is -4.64. The molecule has 0 saturated carbocycles. The summed E-state index contributed by atoms with van der Waals surface area (Å²) in [7, 11) is 1.51. The number of carbonyl (C=O) groups excluding carboxylic acids is 1. The second kappa shape index (κ2) is 11.4. The lowest BCUT2D eigenvalue weighted by atomic mass is 10.1. The van der Waals surface area contributed by atoms with Gasteiger partial charge in [-0.1, -0.05) is 6.07 Å². The smallest absolute Gasteiger partial charge is 0.416 e. The number of carbonyl (C=O) groups is 1. The standard InChI is InChI=1S/C18H24F4N4O2.HI/c1-3-28-17(27)26-8-6-14(7-9-26)25-16(23-2)24-11-12-4-5-13(19)10-15(12)18(20,21)22;/h4-5,10,14H,3,6-9,11H2,1-2H3,(H2,23,24,25);1H. The molecule has 1 aliphatic heterocycles. The zero-order chi connectivity index (χ0) is 20.7. The Morgan fingerprint density at radius 3 is 2.52 bits per heavy atom. The van der Waals surface area contributed by atoms with Crippen LogP contribution < -0.4 is 10.6 Å². The summed E-state index contributed by atoms with van der Waals surface area (Å²) in [5.74, 6) is -0.598. The van der Waals surface area contributed by atoms with E-state index in [9.17, 15) is 22.4 Å². The molecule has 0 spiro atoms. The van der Waals surface area contributed by atoms with Gasteiger partial charge in [0.15, 0.2) is 5.96 Å². The highest BCUT2D eigenvalue weighted by Gasteiger charge is 2.33. The molecule has 6 nitrogen and oxygen atoms in total. The monoisotopic (exact) mass is 532 g/mol. The molecule has 0 radical (unpaired) electrons. The third-order valence-corrected chi connectivity index (χ3v) is 4.41. The SMILES string of the molecule is CCOC(=O)N1CCC(NC(=NC)NCc2ccc(F)cc2C(F)(F)F)CC1.I. The van der Waals surface area contributed by atoms with Crippen molar-refractivity contribution in [3.05, 3.63) is 35.1 Å². The Morgan fingerprint density at radius 1 is 1.31 bits per heavy atom. The second-order valence-electron chi connectivity index (χ2n) is 6.33. The number of halogens is 5. The van der Waals surface area contributed by atoms with E-state index in [4.69, 9.17) is 4.74 Å². The topological polar surface area (TPSA) is 66.0 Å². The summed E-state index contributed by atoms with van der Waals surface area (Å²) >= 11 is 0. The summed E-state index contributed by atoms with van der Waals surface area (Å²) in [6.45, 7) is 2.94. The van der Waals surface area contributed by atoms with Gasteiger partial charge < -0.3 is 20.3 Å². The van der Waals surface area contributed by atoms with Crippen molar-refractivity contribution in [3.63, 3.8) is 0 Å². The number of alkyl halides is 3. The number of aliphatic imine (C=N–C) groups is 1. The van der Waals surface area contributed by atoms with Crippen LogP contribution >= 0.6 is 24.0 Å². The summed E-state index contributed by atoms with van der Waals surface area (Å²) in [6.07, 6.45) is -3.68. The van der Waals surface area contributed by atoms with Gasteiger partial charge in [0.1, 0.15) is 5.82 Å². The van der Waals surface area contributed by atoms with Gasteiger partial charge in [-0.05, 0) is 37.5 Å². The number of amides is 1.